The van der Waals surface area contributed by atoms with Crippen molar-refractivity contribution < 1.29 is 30.7 Å². The van der Waals surface area contributed by atoms with Gasteiger partial charge in [-0.05, 0) is 17.7 Å². The van der Waals surface area contributed by atoms with E-state index in [1.807, 2.05) is 19.6 Å². The van der Waals surface area contributed by atoms with Gasteiger partial charge in [0.2, 0.25) is 0 Å². The first-order chi connectivity index (χ1) is 11.5. The molecule has 0 nitrogen and oxygen atoms in total. The number of benzene rings is 1. The monoisotopic (exact) mass is 438 g/mol. The van der Waals surface area contributed by atoms with Gasteiger partial charge in [0.05, 0.1) is 21.5 Å². The molecule has 0 fully saturated rings. The smallest absolute Gasteiger partial charge is 0.237 e. The number of hydrogen-bond donors (Lipinski definition) is 0. The van der Waals surface area contributed by atoms with Crippen LogP contribution < -0.4 is 0 Å². The number of rotatable bonds is 3. The summed E-state index contributed by atoms with van der Waals surface area (Å²) in [6.07, 6.45) is -15.9. The highest BCUT2D eigenvalue weighted by atomic mass is 35.5. The first-order valence-corrected chi connectivity index (χ1v) is 11.6. The van der Waals surface area contributed by atoms with Gasteiger partial charge in [-0.25, -0.2) is 4.39 Å². The highest BCUT2D eigenvalue weighted by Gasteiger charge is 2.49. The maximum Gasteiger partial charge on any atom is 0.419 e. The molecule has 1 aromatic carbocycles. The molecule has 0 amide bonds. The lowest BCUT2D eigenvalue weighted by Crippen LogP contribution is -2.31. The summed E-state index contributed by atoms with van der Waals surface area (Å²) in [5, 5.41) is -0.454. The SMILES string of the molecule is C[Si](C)(C)C#Cc1c(Cl)cc(C(CC(F)C(F)(F)F)C(F)(F)F)cc1Cl. The van der Waals surface area contributed by atoms with Gasteiger partial charge in [0.25, 0.3) is 0 Å². The Balaban J connectivity index is 3.35. The zero-order valence-corrected chi connectivity index (χ0v) is 16.4. The van der Waals surface area contributed by atoms with E-state index < -0.39 is 44.5 Å². The van der Waals surface area contributed by atoms with Crippen molar-refractivity contribution in [3.05, 3.63) is 33.3 Å². The van der Waals surface area contributed by atoms with Crippen LogP contribution >= 0.6 is 23.2 Å². The molecule has 1 rings (SSSR count). The summed E-state index contributed by atoms with van der Waals surface area (Å²) >= 11 is 11.9. The van der Waals surface area contributed by atoms with E-state index in [0.717, 1.165) is 12.1 Å². The van der Waals surface area contributed by atoms with Crippen LogP contribution in [0.25, 0.3) is 0 Å². The molecule has 0 aromatic heterocycles. The average molecular weight is 439 g/mol. The van der Waals surface area contributed by atoms with Crippen LogP contribution in [-0.4, -0.2) is 26.6 Å². The Labute approximate surface area is 157 Å². The van der Waals surface area contributed by atoms with Gasteiger partial charge in [0.1, 0.15) is 8.07 Å². The molecule has 0 radical (unpaired) electrons. The Hall–Kier alpha value is -0.913. The van der Waals surface area contributed by atoms with Crippen molar-refractivity contribution >= 4 is 31.3 Å². The minimum Gasteiger partial charge on any atom is -0.237 e. The van der Waals surface area contributed by atoms with E-state index in [1.54, 1.807) is 0 Å². The van der Waals surface area contributed by atoms with E-state index in [4.69, 9.17) is 23.2 Å². The van der Waals surface area contributed by atoms with Crippen molar-refractivity contribution in [3.8, 4) is 11.5 Å². The highest BCUT2D eigenvalue weighted by molar-refractivity contribution is 6.83. The maximum absolute atomic E-state index is 13.2. The molecule has 2 atom stereocenters. The topological polar surface area (TPSA) is 0 Å². The molecule has 0 N–H and O–H groups in total. The minimum atomic E-state index is -5.39. The van der Waals surface area contributed by atoms with Gasteiger partial charge in [-0.15, -0.1) is 5.54 Å². The van der Waals surface area contributed by atoms with E-state index in [-0.39, 0.29) is 15.6 Å². The summed E-state index contributed by atoms with van der Waals surface area (Å²) in [4.78, 5) is 0. The minimum absolute atomic E-state index is 0.0908. The summed E-state index contributed by atoms with van der Waals surface area (Å²) in [5.74, 6) is 0.00279. The fraction of sp³-hybridized carbons (Fsp3) is 0.500. The van der Waals surface area contributed by atoms with Crippen LogP contribution in [0.3, 0.4) is 0 Å². The van der Waals surface area contributed by atoms with Gasteiger partial charge in [-0.2, -0.15) is 26.3 Å². The van der Waals surface area contributed by atoms with E-state index in [1.165, 1.54) is 0 Å². The van der Waals surface area contributed by atoms with Gasteiger partial charge in [0, 0.05) is 6.42 Å². The zero-order chi connectivity index (χ0) is 20.5. The lowest BCUT2D eigenvalue weighted by atomic mass is 9.92. The highest BCUT2D eigenvalue weighted by Crippen LogP contribution is 2.43. The average Bonchev–Trinajstić information content (AvgIpc) is 2.39. The first-order valence-electron chi connectivity index (χ1n) is 7.32. The summed E-state index contributed by atoms with van der Waals surface area (Å²) < 4.78 is 89.8. The molecule has 26 heavy (non-hydrogen) atoms. The Morgan fingerprint density at radius 1 is 0.962 bits per heavy atom. The standard InChI is InChI=1S/C16H15Cl2F7Si/c1-26(2,3)5-4-10-12(17)6-9(7-13(10)18)11(15(20,21)22)8-14(19)16(23,24)25/h6-7,11,14H,8H2,1-3H3. The van der Waals surface area contributed by atoms with Crippen molar-refractivity contribution in [3.63, 3.8) is 0 Å². The first kappa shape index (κ1) is 23.1. The predicted molar refractivity (Wildman–Crippen MR) is 91.1 cm³/mol. The molecule has 0 spiro atoms. The van der Waals surface area contributed by atoms with Crippen LogP contribution in [0.4, 0.5) is 30.7 Å². The van der Waals surface area contributed by atoms with E-state index in [0.29, 0.717) is 0 Å². The Kier molecular flexibility index (Phi) is 7.11. The third-order valence-corrected chi connectivity index (χ3v) is 4.69. The second-order valence-corrected chi connectivity index (χ2v) is 12.3. The van der Waals surface area contributed by atoms with Crippen LogP contribution in [-0.2, 0) is 0 Å². The fourth-order valence-electron chi connectivity index (χ4n) is 1.96. The molecule has 0 heterocycles. The van der Waals surface area contributed by atoms with Crippen molar-refractivity contribution in [1.29, 1.82) is 0 Å². The lowest BCUT2D eigenvalue weighted by molar-refractivity contribution is -0.200. The zero-order valence-electron chi connectivity index (χ0n) is 13.9. The van der Waals surface area contributed by atoms with Crippen molar-refractivity contribution in [2.75, 3.05) is 0 Å². The molecule has 2 unspecified atom stereocenters. The fourth-order valence-corrected chi connectivity index (χ4v) is 3.06. The maximum atomic E-state index is 13.2. The predicted octanol–water partition coefficient (Wildman–Crippen LogP) is 7.16. The molecular formula is C16H15Cl2F7Si. The van der Waals surface area contributed by atoms with Crippen LogP contribution in [0.15, 0.2) is 12.1 Å². The Morgan fingerprint density at radius 3 is 1.77 bits per heavy atom. The summed E-state index contributed by atoms with van der Waals surface area (Å²) in [6.45, 7) is 5.77. The quantitative estimate of drug-likeness (QED) is 0.266. The number of hydrogen-bond acceptors (Lipinski definition) is 0. The van der Waals surface area contributed by atoms with Crippen LogP contribution in [0, 0.1) is 11.5 Å². The Bertz CT molecular complexity index is 686. The lowest BCUT2D eigenvalue weighted by Gasteiger charge is -2.24. The van der Waals surface area contributed by atoms with E-state index in [2.05, 4.69) is 11.5 Å². The summed E-state index contributed by atoms with van der Waals surface area (Å²) in [5.41, 5.74) is 2.39. The van der Waals surface area contributed by atoms with Gasteiger partial charge < -0.3 is 0 Å². The van der Waals surface area contributed by atoms with E-state index >= 15 is 0 Å². The van der Waals surface area contributed by atoms with Crippen LogP contribution in [0.1, 0.15) is 23.5 Å². The second kappa shape index (κ2) is 7.99. The largest absolute Gasteiger partial charge is 0.419 e. The third-order valence-electron chi connectivity index (χ3n) is 3.22. The third kappa shape index (κ3) is 6.67. The molecule has 1 aromatic rings. The van der Waals surface area contributed by atoms with Gasteiger partial charge in [0.15, 0.2) is 6.17 Å². The molecule has 0 saturated heterocycles. The molecule has 0 saturated carbocycles. The van der Waals surface area contributed by atoms with Crippen molar-refractivity contribution in [2.24, 2.45) is 0 Å². The normalized spacial score (nSPS) is 15.2. The van der Waals surface area contributed by atoms with Gasteiger partial charge in [-0.1, -0.05) is 48.8 Å². The number of halogens is 9. The van der Waals surface area contributed by atoms with Crippen molar-refractivity contribution in [1.82, 2.24) is 0 Å². The van der Waals surface area contributed by atoms with E-state index in [9.17, 15) is 30.7 Å². The van der Waals surface area contributed by atoms with Gasteiger partial charge >= 0.3 is 12.4 Å². The van der Waals surface area contributed by atoms with Crippen LogP contribution in [0.5, 0.6) is 0 Å². The molecule has 10 heteroatoms. The van der Waals surface area contributed by atoms with Crippen LogP contribution in [0.2, 0.25) is 29.7 Å². The van der Waals surface area contributed by atoms with Crippen molar-refractivity contribution in [2.45, 2.75) is 50.5 Å². The molecule has 0 aliphatic carbocycles. The number of alkyl halides is 7. The molecule has 0 bridgehead atoms. The summed E-state index contributed by atoms with van der Waals surface area (Å²) in [6, 6.07) is 1.67. The molecule has 0 aliphatic heterocycles. The van der Waals surface area contributed by atoms with Gasteiger partial charge in [-0.3, -0.25) is 0 Å². The second-order valence-electron chi connectivity index (χ2n) is 6.70. The Morgan fingerprint density at radius 2 is 1.42 bits per heavy atom. The molecule has 146 valence electrons. The summed E-state index contributed by atoms with van der Waals surface area (Å²) in [7, 11) is -1.83. The molecule has 0 aliphatic rings. The molecular weight excluding hydrogens is 424 g/mol.